The first-order valence-corrected chi connectivity index (χ1v) is 8.39. The molecule has 1 saturated heterocycles. The molecule has 3 aliphatic heterocycles. The zero-order valence-corrected chi connectivity index (χ0v) is 12.7. The second-order valence-electron chi connectivity index (χ2n) is 6.95. The Morgan fingerprint density at radius 2 is 2.14 bits per heavy atom. The smallest absolute Gasteiger partial charge is 0.0599 e. The lowest BCUT2D eigenvalue weighted by atomic mass is 9.67. The Kier molecular flexibility index (Phi) is 2.30. The van der Waals surface area contributed by atoms with Crippen LogP contribution in [-0.4, -0.2) is 22.6 Å². The molecule has 0 radical (unpaired) electrons. The van der Waals surface area contributed by atoms with E-state index < -0.39 is 0 Å². The maximum Gasteiger partial charge on any atom is 0.0599 e. The molecule has 1 fully saturated rings. The lowest BCUT2D eigenvalue weighted by molar-refractivity contribution is 0.0278. The van der Waals surface area contributed by atoms with Gasteiger partial charge in [0, 0.05) is 29.2 Å². The molecule has 2 atom stereocenters. The molecule has 21 heavy (non-hydrogen) atoms. The van der Waals surface area contributed by atoms with Gasteiger partial charge in [-0.2, -0.15) is 0 Å². The molecule has 0 unspecified atom stereocenters. The summed E-state index contributed by atoms with van der Waals surface area (Å²) >= 11 is 0. The highest BCUT2D eigenvalue weighted by Crippen LogP contribution is 2.55. The van der Waals surface area contributed by atoms with Gasteiger partial charge in [0.1, 0.15) is 0 Å². The Morgan fingerprint density at radius 3 is 3.05 bits per heavy atom. The minimum absolute atomic E-state index is 0.373. The summed E-state index contributed by atoms with van der Waals surface area (Å²) in [6.45, 7) is 4.89. The van der Waals surface area contributed by atoms with Gasteiger partial charge in [0.2, 0.25) is 0 Å². The number of piperidine rings is 1. The number of hydrogen-bond acceptors (Lipinski definition) is 1. The SMILES string of the molecule is CC[C@@]12C=Cn3c4c(c5ccccc53)CCN(CCC1)[C@@H]42. The topological polar surface area (TPSA) is 8.17 Å². The average Bonchev–Trinajstić information content (AvgIpc) is 2.88. The predicted molar refractivity (Wildman–Crippen MR) is 87.2 cm³/mol. The van der Waals surface area contributed by atoms with Crippen molar-refractivity contribution in [1.82, 2.24) is 9.47 Å². The number of para-hydroxylation sites is 1. The number of aromatic nitrogens is 1. The molecule has 1 aromatic heterocycles. The summed E-state index contributed by atoms with van der Waals surface area (Å²) in [5, 5.41) is 1.48. The molecule has 0 amide bonds. The van der Waals surface area contributed by atoms with Crippen molar-refractivity contribution in [2.45, 2.75) is 38.6 Å². The van der Waals surface area contributed by atoms with Crippen LogP contribution in [0.1, 0.15) is 43.5 Å². The Hall–Kier alpha value is -1.54. The summed E-state index contributed by atoms with van der Waals surface area (Å²) in [5.74, 6) is 0. The summed E-state index contributed by atoms with van der Waals surface area (Å²) in [6, 6.07) is 9.57. The quantitative estimate of drug-likeness (QED) is 0.758. The van der Waals surface area contributed by atoms with Gasteiger partial charge in [-0.3, -0.25) is 4.90 Å². The van der Waals surface area contributed by atoms with Gasteiger partial charge >= 0.3 is 0 Å². The van der Waals surface area contributed by atoms with Crippen molar-refractivity contribution < 1.29 is 0 Å². The standard InChI is InChI=1S/C19H22N2/c1-2-19-9-5-11-20-12-8-15-14-6-3-4-7-16(14)21(13-10-19)17(15)18(19)20/h3-4,6-7,10,13,18H,2,5,8-9,11-12H2,1H3/t18-,19-/m0/s1. The van der Waals surface area contributed by atoms with Crippen LogP contribution in [0.25, 0.3) is 17.1 Å². The number of nitrogens with zero attached hydrogens (tertiary/aromatic N) is 2. The van der Waals surface area contributed by atoms with Crippen molar-refractivity contribution >= 4 is 17.1 Å². The first-order valence-electron chi connectivity index (χ1n) is 8.39. The molecule has 2 heteroatoms. The lowest BCUT2D eigenvalue weighted by Crippen LogP contribution is -2.50. The van der Waals surface area contributed by atoms with E-state index in [1.165, 1.54) is 49.7 Å². The summed E-state index contributed by atoms with van der Waals surface area (Å²) in [5.41, 5.74) is 5.00. The number of rotatable bonds is 1. The van der Waals surface area contributed by atoms with Crippen LogP contribution in [0, 0.1) is 5.41 Å². The molecule has 1 aromatic carbocycles. The first kappa shape index (κ1) is 12.0. The number of benzene rings is 1. The highest BCUT2D eigenvalue weighted by atomic mass is 15.2. The maximum absolute atomic E-state index is 2.76. The predicted octanol–water partition coefficient (Wildman–Crippen LogP) is 4.22. The Balaban J connectivity index is 1.86. The monoisotopic (exact) mass is 278 g/mol. The highest BCUT2D eigenvalue weighted by molar-refractivity contribution is 5.88. The molecule has 3 aliphatic rings. The Labute approximate surface area is 126 Å². The molecular formula is C19H22N2. The van der Waals surface area contributed by atoms with Crippen LogP contribution in [-0.2, 0) is 6.42 Å². The molecule has 0 N–H and O–H groups in total. The normalized spacial score (nSPS) is 30.6. The van der Waals surface area contributed by atoms with E-state index in [1.807, 2.05) is 0 Å². The number of hydrogen-bond donors (Lipinski definition) is 0. The van der Waals surface area contributed by atoms with Crippen LogP contribution >= 0.6 is 0 Å². The molecule has 0 bridgehead atoms. The van der Waals surface area contributed by atoms with Gasteiger partial charge < -0.3 is 4.57 Å². The zero-order chi connectivity index (χ0) is 14.0. The molecule has 5 rings (SSSR count). The van der Waals surface area contributed by atoms with E-state index >= 15 is 0 Å². The zero-order valence-electron chi connectivity index (χ0n) is 12.7. The molecule has 0 spiro atoms. The van der Waals surface area contributed by atoms with E-state index in [2.05, 4.69) is 52.9 Å². The van der Waals surface area contributed by atoms with Crippen molar-refractivity contribution in [3.8, 4) is 0 Å². The van der Waals surface area contributed by atoms with Gasteiger partial charge in [-0.05, 0) is 43.9 Å². The Bertz CT molecular complexity index is 754. The summed E-state index contributed by atoms with van der Waals surface area (Å²) in [4.78, 5) is 2.76. The van der Waals surface area contributed by atoms with E-state index in [-0.39, 0.29) is 0 Å². The molecule has 108 valence electrons. The molecule has 4 heterocycles. The van der Waals surface area contributed by atoms with Gasteiger partial charge in [-0.1, -0.05) is 31.2 Å². The van der Waals surface area contributed by atoms with E-state index in [4.69, 9.17) is 0 Å². The van der Waals surface area contributed by atoms with Crippen molar-refractivity contribution in [3.05, 3.63) is 41.6 Å². The van der Waals surface area contributed by atoms with Gasteiger partial charge in [0.15, 0.2) is 0 Å². The van der Waals surface area contributed by atoms with E-state index in [1.54, 1.807) is 11.3 Å². The van der Waals surface area contributed by atoms with Gasteiger partial charge in [0.05, 0.1) is 11.6 Å². The third-order valence-electron chi connectivity index (χ3n) is 6.18. The molecular weight excluding hydrogens is 256 g/mol. The van der Waals surface area contributed by atoms with Crippen LogP contribution in [0.5, 0.6) is 0 Å². The fourth-order valence-corrected chi connectivity index (χ4v) is 5.14. The second kappa shape index (κ2) is 4.01. The fourth-order valence-electron chi connectivity index (χ4n) is 5.14. The summed E-state index contributed by atoms with van der Waals surface area (Å²) in [6.07, 6.45) is 10.1. The van der Waals surface area contributed by atoms with Crippen LogP contribution in [0.15, 0.2) is 30.3 Å². The van der Waals surface area contributed by atoms with E-state index in [9.17, 15) is 0 Å². The van der Waals surface area contributed by atoms with Crippen LogP contribution in [0.2, 0.25) is 0 Å². The first-order chi connectivity index (χ1) is 10.3. The highest BCUT2D eigenvalue weighted by Gasteiger charge is 2.48. The van der Waals surface area contributed by atoms with Crippen LogP contribution in [0.4, 0.5) is 0 Å². The molecule has 2 aromatic rings. The lowest BCUT2D eigenvalue weighted by Gasteiger charge is -2.52. The van der Waals surface area contributed by atoms with Crippen LogP contribution < -0.4 is 0 Å². The third-order valence-corrected chi connectivity index (χ3v) is 6.18. The van der Waals surface area contributed by atoms with Crippen molar-refractivity contribution in [2.24, 2.45) is 5.41 Å². The average molecular weight is 278 g/mol. The van der Waals surface area contributed by atoms with Gasteiger partial charge in [-0.15, -0.1) is 0 Å². The van der Waals surface area contributed by atoms with Crippen LogP contribution in [0.3, 0.4) is 0 Å². The summed E-state index contributed by atoms with van der Waals surface area (Å²) < 4.78 is 2.49. The molecule has 0 aliphatic carbocycles. The van der Waals surface area contributed by atoms with Crippen molar-refractivity contribution in [2.75, 3.05) is 13.1 Å². The van der Waals surface area contributed by atoms with E-state index in [0.29, 0.717) is 11.5 Å². The van der Waals surface area contributed by atoms with Crippen molar-refractivity contribution in [1.29, 1.82) is 0 Å². The molecule has 0 saturated carbocycles. The molecule has 2 nitrogen and oxygen atoms in total. The minimum Gasteiger partial charge on any atom is -0.319 e. The number of fused-ring (bicyclic) bond motifs is 3. The summed E-state index contributed by atoms with van der Waals surface area (Å²) in [7, 11) is 0. The van der Waals surface area contributed by atoms with Gasteiger partial charge in [0.25, 0.3) is 0 Å². The van der Waals surface area contributed by atoms with Crippen molar-refractivity contribution in [3.63, 3.8) is 0 Å². The van der Waals surface area contributed by atoms with E-state index in [0.717, 1.165) is 0 Å². The second-order valence-corrected chi connectivity index (χ2v) is 6.95. The Morgan fingerprint density at radius 1 is 1.24 bits per heavy atom. The largest absolute Gasteiger partial charge is 0.319 e. The third kappa shape index (κ3) is 1.37. The fraction of sp³-hybridized carbons (Fsp3) is 0.474. The maximum atomic E-state index is 2.76. The van der Waals surface area contributed by atoms with Gasteiger partial charge in [-0.25, -0.2) is 0 Å². The minimum atomic E-state index is 0.373.